The van der Waals surface area contributed by atoms with Crippen LogP contribution in [-0.2, 0) is 0 Å². The lowest BCUT2D eigenvalue weighted by Crippen LogP contribution is -2.51. The number of hydrogen-bond acceptors (Lipinski definition) is 4. The van der Waals surface area contributed by atoms with Crippen molar-refractivity contribution in [3.63, 3.8) is 0 Å². The second-order valence-corrected chi connectivity index (χ2v) is 4.80. The van der Waals surface area contributed by atoms with Gasteiger partial charge in [-0.3, -0.25) is 4.98 Å². The third-order valence-electron chi connectivity index (χ3n) is 2.84. The van der Waals surface area contributed by atoms with Crippen molar-refractivity contribution < 1.29 is 5.11 Å². The summed E-state index contributed by atoms with van der Waals surface area (Å²) in [7, 11) is 0. The van der Waals surface area contributed by atoms with Gasteiger partial charge in [0.2, 0.25) is 0 Å². The lowest BCUT2D eigenvalue weighted by molar-refractivity contribution is 0.0238. The van der Waals surface area contributed by atoms with Gasteiger partial charge in [0, 0.05) is 12.4 Å². The molecule has 0 aliphatic heterocycles. The maximum absolute atomic E-state index is 9.99. The first-order chi connectivity index (χ1) is 6.74. The molecule has 0 saturated carbocycles. The Hall–Kier alpha value is -1.16. The van der Waals surface area contributed by atoms with E-state index in [1.807, 2.05) is 20.8 Å². The molecule has 1 aromatic heterocycles. The van der Waals surface area contributed by atoms with Gasteiger partial charge in [0.25, 0.3) is 0 Å². The van der Waals surface area contributed by atoms with Gasteiger partial charge in [-0.05, 0) is 34.6 Å². The van der Waals surface area contributed by atoms with Crippen molar-refractivity contribution in [2.24, 2.45) is 0 Å². The first-order valence-electron chi connectivity index (χ1n) is 5.02. The summed E-state index contributed by atoms with van der Waals surface area (Å²) in [6, 6.07) is 0. The lowest BCUT2D eigenvalue weighted by atomic mass is 9.86. The Kier molecular flexibility index (Phi) is 3.00. The van der Waals surface area contributed by atoms with Crippen LogP contribution in [0.3, 0.4) is 0 Å². The second-order valence-electron chi connectivity index (χ2n) is 4.80. The molecule has 0 bridgehead atoms. The molecule has 2 N–H and O–H groups in total. The van der Waals surface area contributed by atoms with Gasteiger partial charge >= 0.3 is 0 Å². The van der Waals surface area contributed by atoms with E-state index in [1.54, 1.807) is 26.2 Å². The van der Waals surface area contributed by atoms with Crippen molar-refractivity contribution in [3.05, 3.63) is 18.1 Å². The third-order valence-corrected chi connectivity index (χ3v) is 2.84. The molecule has 0 atom stereocenters. The normalized spacial score (nSPS) is 12.7. The van der Waals surface area contributed by atoms with E-state index in [2.05, 4.69) is 15.3 Å². The Bertz CT molecular complexity index is 342. The first kappa shape index (κ1) is 11.9. The largest absolute Gasteiger partial charge is 0.388 e. The summed E-state index contributed by atoms with van der Waals surface area (Å²) in [5.74, 6) is 0.713. The number of rotatable bonds is 3. The molecule has 1 heterocycles. The monoisotopic (exact) mass is 209 g/mol. The van der Waals surface area contributed by atoms with E-state index < -0.39 is 11.1 Å². The summed E-state index contributed by atoms with van der Waals surface area (Å²) in [5, 5.41) is 13.2. The molecule has 84 valence electrons. The van der Waals surface area contributed by atoms with Crippen molar-refractivity contribution in [2.75, 3.05) is 5.32 Å². The number of nitrogens with one attached hydrogen (secondary N) is 1. The summed E-state index contributed by atoms with van der Waals surface area (Å²) in [4.78, 5) is 8.33. The standard InChI is InChI=1S/C11H19N3O/c1-8-9(13-7-6-12-8)14-10(2,3)11(4,5)15/h6-7,15H,1-5H3,(H,13,14). The van der Waals surface area contributed by atoms with Crippen LogP contribution >= 0.6 is 0 Å². The molecule has 0 spiro atoms. The molecule has 0 aliphatic carbocycles. The number of aliphatic hydroxyl groups is 1. The highest BCUT2D eigenvalue weighted by Gasteiger charge is 2.35. The smallest absolute Gasteiger partial charge is 0.147 e. The van der Waals surface area contributed by atoms with Crippen molar-refractivity contribution in [3.8, 4) is 0 Å². The zero-order valence-electron chi connectivity index (χ0n) is 10.00. The minimum absolute atomic E-state index is 0.464. The van der Waals surface area contributed by atoms with Crippen LogP contribution < -0.4 is 5.32 Å². The Labute approximate surface area is 90.8 Å². The zero-order valence-corrected chi connectivity index (χ0v) is 10.00. The van der Waals surface area contributed by atoms with Gasteiger partial charge < -0.3 is 10.4 Å². The van der Waals surface area contributed by atoms with Crippen molar-refractivity contribution >= 4 is 5.82 Å². The zero-order chi connectivity index (χ0) is 11.7. The van der Waals surface area contributed by atoms with Crippen LogP contribution in [-0.4, -0.2) is 26.2 Å². The summed E-state index contributed by atoms with van der Waals surface area (Å²) in [6.45, 7) is 9.29. The van der Waals surface area contributed by atoms with Crippen molar-refractivity contribution in [1.82, 2.24) is 9.97 Å². The summed E-state index contributed by atoms with van der Waals surface area (Å²) >= 11 is 0. The fourth-order valence-corrected chi connectivity index (χ4v) is 0.979. The molecule has 4 heteroatoms. The molecular formula is C11H19N3O. The molecule has 0 aliphatic rings. The number of aryl methyl sites for hydroxylation is 1. The Morgan fingerprint density at radius 3 is 2.13 bits per heavy atom. The van der Waals surface area contributed by atoms with E-state index in [4.69, 9.17) is 0 Å². The highest BCUT2D eigenvalue weighted by atomic mass is 16.3. The fraction of sp³-hybridized carbons (Fsp3) is 0.636. The molecule has 0 aromatic carbocycles. The predicted octanol–water partition coefficient (Wildman–Crippen LogP) is 1.75. The average Bonchev–Trinajstić information content (AvgIpc) is 2.06. The molecule has 0 unspecified atom stereocenters. The summed E-state index contributed by atoms with van der Waals surface area (Å²) in [5.41, 5.74) is -0.472. The van der Waals surface area contributed by atoms with Crippen LogP contribution in [0.5, 0.6) is 0 Å². The molecule has 4 nitrogen and oxygen atoms in total. The van der Waals surface area contributed by atoms with Gasteiger partial charge in [-0.1, -0.05) is 0 Å². The third kappa shape index (κ3) is 2.65. The van der Waals surface area contributed by atoms with Crippen LogP contribution in [0.15, 0.2) is 12.4 Å². The summed E-state index contributed by atoms with van der Waals surface area (Å²) < 4.78 is 0. The van der Waals surface area contributed by atoms with E-state index in [0.717, 1.165) is 5.69 Å². The second kappa shape index (κ2) is 3.77. The number of aromatic nitrogens is 2. The van der Waals surface area contributed by atoms with E-state index >= 15 is 0 Å². The number of hydrogen-bond donors (Lipinski definition) is 2. The van der Waals surface area contributed by atoms with Crippen molar-refractivity contribution in [1.29, 1.82) is 0 Å². The molecule has 1 aromatic rings. The topological polar surface area (TPSA) is 58.0 Å². The first-order valence-corrected chi connectivity index (χ1v) is 5.02. The Morgan fingerprint density at radius 2 is 1.67 bits per heavy atom. The van der Waals surface area contributed by atoms with Gasteiger partial charge in [-0.2, -0.15) is 0 Å². The number of anilines is 1. The molecule has 1 rings (SSSR count). The van der Waals surface area contributed by atoms with E-state index in [9.17, 15) is 5.11 Å². The van der Waals surface area contributed by atoms with Crippen LogP contribution in [0.2, 0.25) is 0 Å². The van der Waals surface area contributed by atoms with Gasteiger partial charge in [0.1, 0.15) is 5.82 Å². The lowest BCUT2D eigenvalue weighted by Gasteiger charge is -2.38. The van der Waals surface area contributed by atoms with Crippen LogP contribution in [0.4, 0.5) is 5.82 Å². The molecular weight excluding hydrogens is 190 g/mol. The van der Waals surface area contributed by atoms with Crippen LogP contribution in [0, 0.1) is 6.92 Å². The van der Waals surface area contributed by atoms with E-state index in [0.29, 0.717) is 5.82 Å². The van der Waals surface area contributed by atoms with Gasteiger partial charge in [0.15, 0.2) is 0 Å². The Balaban J connectivity index is 2.92. The van der Waals surface area contributed by atoms with Gasteiger partial charge in [0.05, 0.1) is 16.8 Å². The van der Waals surface area contributed by atoms with Crippen LogP contribution in [0.25, 0.3) is 0 Å². The van der Waals surface area contributed by atoms with Crippen LogP contribution in [0.1, 0.15) is 33.4 Å². The van der Waals surface area contributed by atoms with Crippen molar-refractivity contribution in [2.45, 2.75) is 45.8 Å². The maximum Gasteiger partial charge on any atom is 0.147 e. The highest BCUT2D eigenvalue weighted by Crippen LogP contribution is 2.25. The molecule has 0 radical (unpaired) electrons. The van der Waals surface area contributed by atoms with E-state index in [-0.39, 0.29) is 0 Å². The quantitative estimate of drug-likeness (QED) is 0.796. The summed E-state index contributed by atoms with van der Waals surface area (Å²) in [6.07, 6.45) is 3.29. The van der Waals surface area contributed by atoms with Gasteiger partial charge in [-0.15, -0.1) is 0 Å². The van der Waals surface area contributed by atoms with Gasteiger partial charge in [-0.25, -0.2) is 4.98 Å². The SMILES string of the molecule is Cc1nccnc1NC(C)(C)C(C)(C)O. The molecule has 0 saturated heterocycles. The molecule has 0 amide bonds. The Morgan fingerprint density at radius 1 is 1.13 bits per heavy atom. The average molecular weight is 209 g/mol. The highest BCUT2D eigenvalue weighted by molar-refractivity contribution is 5.41. The molecule has 0 fully saturated rings. The minimum Gasteiger partial charge on any atom is -0.388 e. The number of nitrogens with zero attached hydrogens (tertiary/aromatic N) is 2. The van der Waals surface area contributed by atoms with E-state index in [1.165, 1.54) is 0 Å². The predicted molar refractivity (Wildman–Crippen MR) is 60.8 cm³/mol. The maximum atomic E-state index is 9.99. The molecule has 15 heavy (non-hydrogen) atoms. The minimum atomic E-state index is -0.836. The fourth-order valence-electron chi connectivity index (χ4n) is 0.979.